The molecule has 0 spiro atoms. The molecule has 114 valence electrons. The maximum absolute atomic E-state index is 11.8. The van der Waals surface area contributed by atoms with E-state index in [2.05, 4.69) is 15.9 Å². The van der Waals surface area contributed by atoms with Crippen molar-refractivity contribution < 1.29 is 19.1 Å². The first kappa shape index (κ1) is 16.2. The van der Waals surface area contributed by atoms with Crippen LogP contribution in [0.2, 0.25) is 0 Å². The van der Waals surface area contributed by atoms with Crippen LogP contribution in [0.5, 0.6) is 5.75 Å². The zero-order valence-corrected chi connectivity index (χ0v) is 13.8. The number of hydrogen-bond donors (Lipinski definition) is 0. The van der Waals surface area contributed by atoms with E-state index in [0.717, 1.165) is 10.0 Å². The number of ketones is 1. The van der Waals surface area contributed by atoms with Crippen molar-refractivity contribution in [3.8, 4) is 5.75 Å². The van der Waals surface area contributed by atoms with E-state index in [1.807, 2.05) is 24.3 Å². The van der Waals surface area contributed by atoms with Gasteiger partial charge in [-0.3, -0.25) is 4.79 Å². The fourth-order valence-corrected chi connectivity index (χ4v) is 2.37. The maximum Gasteiger partial charge on any atom is 0.338 e. The molecule has 0 fully saturated rings. The summed E-state index contributed by atoms with van der Waals surface area (Å²) in [6.07, 6.45) is 0. The Morgan fingerprint density at radius 3 is 2.45 bits per heavy atom. The molecule has 0 aromatic heterocycles. The van der Waals surface area contributed by atoms with Crippen LogP contribution in [0.15, 0.2) is 46.9 Å². The summed E-state index contributed by atoms with van der Waals surface area (Å²) in [6, 6.07) is 12.5. The van der Waals surface area contributed by atoms with Gasteiger partial charge >= 0.3 is 5.97 Å². The van der Waals surface area contributed by atoms with E-state index in [-0.39, 0.29) is 11.3 Å². The number of carbonyl (C=O) groups is 2. The van der Waals surface area contributed by atoms with Crippen molar-refractivity contribution in [2.45, 2.75) is 13.5 Å². The first-order valence-corrected chi connectivity index (χ1v) is 7.41. The molecule has 2 aromatic carbocycles. The minimum absolute atomic E-state index is 0.197. The first-order valence-electron chi connectivity index (χ1n) is 6.62. The summed E-state index contributed by atoms with van der Waals surface area (Å²) in [6.45, 7) is 1.75. The molecular weight excluding hydrogens is 348 g/mol. The summed E-state index contributed by atoms with van der Waals surface area (Å²) >= 11 is 3.45. The monoisotopic (exact) mass is 362 g/mol. The minimum Gasteiger partial charge on any atom is -0.489 e. The van der Waals surface area contributed by atoms with Gasteiger partial charge in [0.25, 0.3) is 0 Å². The lowest BCUT2D eigenvalue weighted by molar-refractivity contribution is 0.0596. The Balaban J connectivity index is 2.24. The molecule has 0 heterocycles. The first-order chi connectivity index (χ1) is 10.5. The molecular formula is C17H15BrO4. The van der Waals surface area contributed by atoms with Gasteiger partial charge in [0.05, 0.1) is 12.7 Å². The zero-order chi connectivity index (χ0) is 16.1. The summed E-state index contributed by atoms with van der Waals surface area (Å²) < 4.78 is 11.4. The molecule has 2 rings (SSSR count). The number of esters is 1. The maximum atomic E-state index is 11.8. The van der Waals surface area contributed by atoms with Crippen LogP contribution >= 0.6 is 15.9 Å². The second kappa shape index (κ2) is 7.22. The third-order valence-corrected chi connectivity index (χ3v) is 3.90. The molecule has 0 aliphatic carbocycles. The lowest BCUT2D eigenvalue weighted by Crippen LogP contribution is -2.09. The van der Waals surface area contributed by atoms with Crippen molar-refractivity contribution in [3.05, 3.63) is 63.6 Å². The molecule has 0 bridgehead atoms. The number of carbonyl (C=O) groups excluding carboxylic acids is 2. The van der Waals surface area contributed by atoms with Gasteiger partial charge in [-0.1, -0.05) is 34.1 Å². The van der Waals surface area contributed by atoms with Gasteiger partial charge in [-0.2, -0.15) is 0 Å². The number of benzene rings is 2. The third kappa shape index (κ3) is 3.74. The molecule has 0 amide bonds. The molecule has 0 saturated carbocycles. The summed E-state index contributed by atoms with van der Waals surface area (Å²) in [5.74, 6) is -0.254. The van der Waals surface area contributed by atoms with Gasteiger partial charge in [-0.05, 0) is 31.2 Å². The number of rotatable bonds is 5. The molecule has 0 radical (unpaired) electrons. The smallest absolute Gasteiger partial charge is 0.338 e. The highest BCUT2D eigenvalue weighted by atomic mass is 79.9. The standard InChI is InChI=1S/C17H15BrO4/c1-11(19)14-8-7-13(9-15(14)17(20)21-2)22-10-12-5-3-4-6-16(12)18/h3-9H,10H2,1-2H3. The zero-order valence-electron chi connectivity index (χ0n) is 12.3. The largest absolute Gasteiger partial charge is 0.489 e. The van der Waals surface area contributed by atoms with Crippen molar-refractivity contribution >= 4 is 27.7 Å². The van der Waals surface area contributed by atoms with Gasteiger partial charge in [0.2, 0.25) is 0 Å². The van der Waals surface area contributed by atoms with Gasteiger partial charge < -0.3 is 9.47 Å². The number of ether oxygens (including phenoxy) is 2. The fraction of sp³-hybridized carbons (Fsp3) is 0.176. The Morgan fingerprint density at radius 1 is 1.09 bits per heavy atom. The van der Waals surface area contributed by atoms with Crippen molar-refractivity contribution in [2.24, 2.45) is 0 Å². The number of halogens is 1. The van der Waals surface area contributed by atoms with E-state index in [4.69, 9.17) is 9.47 Å². The Hall–Kier alpha value is -2.14. The van der Waals surface area contributed by atoms with E-state index < -0.39 is 5.97 Å². The topological polar surface area (TPSA) is 52.6 Å². The molecule has 4 nitrogen and oxygen atoms in total. The van der Waals surface area contributed by atoms with Crippen LogP contribution in [0.4, 0.5) is 0 Å². The Labute approximate surface area is 137 Å². The molecule has 0 aliphatic heterocycles. The van der Waals surface area contributed by atoms with Gasteiger partial charge in [0.15, 0.2) is 5.78 Å². The van der Waals surface area contributed by atoms with E-state index in [9.17, 15) is 9.59 Å². The molecule has 0 atom stereocenters. The second-order valence-electron chi connectivity index (χ2n) is 4.64. The number of Topliss-reactive ketones (excluding diaryl/α,β-unsaturated/α-hetero) is 1. The van der Waals surface area contributed by atoms with Gasteiger partial charge in [0.1, 0.15) is 12.4 Å². The predicted octanol–water partition coefficient (Wildman–Crippen LogP) is 4.02. The molecule has 0 unspecified atom stereocenters. The third-order valence-electron chi connectivity index (χ3n) is 3.13. The van der Waals surface area contributed by atoms with Crippen LogP contribution in [0.1, 0.15) is 33.2 Å². The molecule has 5 heteroatoms. The fourth-order valence-electron chi connectivity index (χ4n) is 1.98. The number of methoxy groups -OCH3 is 1. The Morgan fingerprint density at radius 2 is 1.82 bits per heavy atom. The van der Waals surface area contributed by atoms with E-state index in [1.54, 1.807) is 12.1 Å². The van der Waals surface area contributed by atoms with Gasteiger partial charge in [0, 0.05) is 15.6 Å². The lowest BCUT2D eigenvalue weighted by atomic mass is 10.0. The van der Waals surface area contributed by atoms with Gasteiger partial charge in [-0.25, -0.2) is 4.79 Å². The molecule has 0 saturated heterocycles. The highest BCUT2D eigenvalue weighted by Crippen LogP contribution is 2.22. The van der Waals surface area contributed by atoms with Crippen LogP contribution in [-0.4, -0.2) is 18.9 Å². The van der Waals surface area contributed by atoms with Crippen LogP contribution in [-0.2, 0) is 11.3 Å². The van der Waals surface area contributed by atoms with E-state index in [1.165, 1.54) is 20.1 Å². The normalized spacial score (nSPS) is 10.1. The average Bonchev–Trinajstić information content (AvgIpc) is 2.53. The van der Waals surface area contributed by atoms with Crippen LogP contribution < -0.4 is 4.74 Å². The molecule has 0 N–H and O–H groups in total. The van der Waals surface area contributed by atoms with Crippen molar-refractivity contribution in [1.82, 2.24) is 0 Å². The second-order valence-corrected chi connectivity index (χ2v) is 5.49. The van der Waals surface area contributed by atoms with Crippen molar-refractivity contribution in [2.75, 3.05) is 7.11 Å². The van der Waals surface area contributed by atoms with E-state index in [0.29, 0.717) is 17.9 Å². The van der Waals surface area contributed by atoms with Crippen LogP contribution in [0, 0.1) is 0 Å². The van der Waals surface area contributed by atoms with Crippen molar-refractivity contribution in [3.63, 3.8) is 0 Å². The summed E-state index contributed by atoms with van der Waals surface area (Å²) in [5, 5.41) is 0. The van der Waals surface area contributed by atoms with E-state index >= 15 is 0 Å². The Bertz CT molecular complexity index is 710. The molecule has 22 heavy (non-hydrogen) atoms. The quantitative estimate of drug-likeness (QED) is 0.595. The highest BCUT2D eigenvalue weighted by molar-refractivity contribution is 9.10. The summed E-state index contributed by atoms with van der Waals surface area (Å²) in [5.41, 5.74) is 1.51. The molecule has 2 aromatic rings. The summed E-state index contributed by atoms with van der Waals surface area (Å²) in [7, 11) is 1.28. The highest BCUT2D eigenvalue weighted by Gasteiger charge is 2.16. The SMILES string of the molecule is COC(=O)c1cc(OCc2ccccc2Br)ccc1C(C)=O. The molecule has 0 aliphatic rings. The Kier molecular flexibility index (Phi) is 5.33. The van der Waals surface area contributed by atoms with Crippen molar-refractivity contribution in [1.29, 1.82) is 0 Å². The number of hydrogen-bond acceptors (Lipinski definition) is 4. The summed E-state index contributed by atoms with van der Waals surface area (Å²) in [4.78, 5) is 23.3. The average molecular weight is 363 g/mol. The van der Waals surface area contributed by atoms with Crippen LogP contribution in [0.3, 0.4) is 0 Å². The van der Waals surface area contributed by atoms with Crippen LogP contribution in [0.25, 0.3) is 0 Å². The van der Waals surface area contributed by atoms with Gasteiger partial charge in [-0.15, -0.1) is 0 Å². The predicted molar refractivity (Wildman–Crippen MR) is 86.3 cm³/mol. The lowest BCUT2D eigenvalue weighted by Gasteiger charge is -2.11. The minimum atomic E-state index is -0.559.